The van der Waals surface area contributed by atoms with Gasteiger partial charge in [-0.15, -0.1) is 0 Å². The molecule has 2 aliphatic rings. The largest absolute Gasteiger partial charge is 0.459 e. The fraction of sp³-hybridized carbons (Fsp3) is 0.917. The quantitative estimate of drug-likeness (QED) is 0.557. The van der Waals surface area contributed by atoms with Crippen molar-refractivity contribution < 1.29 is 9.53 Å². The monoisotopic (exact) mass is 196 g/mol. The van der Waals surface area contributed by atoms with Crippen LogP contribution in [0.2, 0.25) is 0 Å². The molecule has 1 atom stereocenters. The maximum atomic E-state index is 11.2. The zero-order valence-electron chi connectivity index (χ0n) is 9.27. The molecule has 0 aromatic carbocycles. The molecule has 1 spiro atoms. The van der Waals surface area contributed by atoms with Crippen molar-refractivity contribution in [3.63, 3.8) is 0 Å². The molecule has 0 aromatic rings. The van der Waals surface area contributed by atoms with Gasteiger partial charge >= 0.3 is 5.97 Å². The summed E-state index contributed by atoms with van der Waals surface area (Å²) in [6.07, 6.45) is 7.43. The minimum Gasteiger partial charge on any atom is -0.459 e. The minimum atomic E-state index is -0.0646. The van der Waals surface area contributed by atoms with Crippen molar-refractivity contribution >= 4 is 5.97 Å². The lowest BCUT2D eigenvalue weighted by molar-refractivity contribution is -0.149. The van der Waals surface area contributed by atoms with Crippen LogP contribution in [0.4, 0.5) is 0 Å². The summed E-state index contributed by atoms with van der Waals surface area (Å²) in [6, 6.07) is 0. The predicted molar refractivity (Wildman–Crippen MR) is 54.9 cm³/mol. The molecule has 80 valence electrons. The lowest BCUT2D eigenvalue weighted by atomic mass is 9.84. The number of hydrogen-bond donors (Lipinski definition) is 0. The van der Waals surface area contributed by atoms with Gasteiger partial charge in [0.05, 0.1) is 0 Å². The van der Waals surface area contributed by atoms with Gasteiger partial charge < -0.3 is 4.74 Å². The van der Waals surface area contributed by atoms with Crippen LogP contribution in [0.15, 0.2) is 0 Å². The zero-order chi connectivity index (χ0) is 10.2. The Bertz CT molecular complexity index is 245. The number of hydrogen-bond acceptors (Lipinski definition) is 2. The van der Waals surface area contributed by atoms with E-state index in [9.17, 15) is 4.79 Å². The molecule has 1 saturated heterocycles. The van der Waals surface area contributed by atoms with E-state index < -0.39 is 0 Å². The third-order valence-electron chi connectivity index (χ3n) is 3.86. The zero-order valence-corrected chi connectivity index (χ0v) is 9.27. The molecule has 1 unspecified atom stereocenters. The van der Waals surface area contributed by atoms with E-state index >= 15 is 0 Å². The van der Waals surface area contributed by atoms with Crippen LogP contribution in [-0.4, -0.2) is 11.6 Å². The van der Waals surface area contributed by atoms with Crippen molar-refractivity contribution in [1.82, 2.24) is 0 Å². The van der Waals surface area contributed by atoms with Crippen LogP contribution < -0.4 is 0 Å². The van der Waals surface area contributed by atoms with Crippen LogP contribution in [0.3, 0.4) is 0 Å². The second kappa shape index (κ2) is 3.25. The molecule has 0 radical (unpaired) electrons. The van der Waals surface area contributed by atoms with Gasteiger partial charge in [-0.25, -0.2) is 0 Å². The second-order valence-corrected chi connectivity index (χ2v) is 5.67. The molecule has 1 aliphatic heterocycles. The summed E-state index contributed by atoms with van der Waals surface area (Å²) < 4.78 is 5.52. The van der Waals surface area contributed by atoms with E-state index in [1.165, 1.54) is 19.3 Å². The number of rotatable bonds is 0. The van der Waals surface area contributed by atoms with E-state index in [0.717, 1.165) is 19.3 Å². The first-order valence-corrected chi connectivity index (χ1v) is 5.73. The molecule has 2 heteroatoms. The van der Waals surface area contributed by atoms with Crippen LogP contribution in [0.5, 0.6) is 0 Å². The van der Waals surface area contributed by atoms with Crippen molar-refractivity contribution in [3.8, 4) is 0 Å². The van der Waals surface area contributed by atoms with Crippen LogP contribution in [0, 0.1) is 5.41 Å². The highest BCUT2D eigenvalue weighted by molar-refractivity contribution is 5.72. The van der Waals surface area contributed by atoms with Crippen molar-refractivity contribution in [3.05, 3.63) is 0 Å². The number of carbonyl (C=O) groups excluding carboxylic acids is 1. The fourth-order valence-electron chi connectivity index (χ4n) is 2.73. The maximum Gasteiger partial charge on any atom is 0.306 e. The Labute approximate surface area is 86.0 Å². The smallest absolute Gasteiger partial charge is 0.306 e. The summed E-state index contributed by atoms with van der Waals surface area (Å²) in [5.74, 6) is 0.0182. The summed E-state index contributed by atoms with van der Waals surface area (Å²) in [5, 5.41) is 0. The first kappa shape index (κ1) is 10.0. The Morgan fingerprint density at radius 3 is 2.50 bits per heavy atom. The van der Waals surface area contributed by atoms with E-state index in [2.05, 4.69) is 13.8 Å². The fourth-order valence-corrected chi connectivity index (χ4v) is 2.73. The standard InChI is InChI=1S/C12H20O2/c1-11(2)5-3-6-12(9-8-11)7-4-10(13)14-12/h3-9H2,1-2H3. The van der Waals surface area contributed by atoms with E-state index in [0.29, 0.717) is 11.8 Å². The highest BCUT2D eigenvalue weighted by Crippen LogP contribution is 2.44. The average Bonchev–Trinajstić information content (AvgIpc) is 2.38. The van der Waals surface area contributed by atoms with E-state index in [4.69, 9.17) is 4.74 Å². The van der Waals surface area contributed by atoms with Crippen LogP contribution in [-0.2, 0) is 9.53 Å². The molecule has 1 heterocycles. The highest BCUT2D eigenvalue weighted by atomic mass is 16.6. The highest BCUT2D eigenvalue weighted by Gasteiger charge is 2.42. The van der Waals surface area contributed by atoms with Gasteiger partial charge in [0.1, 0.15) is 5.60 Å². The Balaban J connectivity index is 2.05. The van der Waals surface area contributed by atoms with Gasteiger partial charge in [0, 0.05) is 6.42 Å². The molecular formula is C12H20O2. The maximum absolute atomic E-state index is 11.2. The van der Waals surface area contributed by atoms with Crippen LogP contribution >= 0.6 is 0 Å². The average molecular weight is 196 g/mol. The van der Waals surface area contributed by atoms with Gasteiger partial charge in [-0.2, -0.15) is 0 Å². The van der Waals surface area contributed by atoms with Gasteiger partial charge in [0.2, 0.25) is 0 Å². The van der Waals surface area contributed by atoms with Crippen molar-refractivity contribution in [2.75, 3.05) is 0 Å². The Morgan fingerprint density at radius 1 is 1.07 bits per heavy atom. The van der Waals surface area contributed by atoms with E-state index in [1.807, 2.05) is 0 Å². The number of carbonyl (C=O) groups is 1. The topological polar surface area (TPSA) is 26.3 Å². The lowest BCUT2D eigenvalue weighted by Gasteiger charge is -2.27. The molecule has 1 aliphatic carbocycles. The molecule has 0 aromatic heterocycles. The Hall–Kier alpha value is -0.530. The van der Waals surface area contributed by atoms with Crippen molar-refractivity contribution in [1.29, 1.82) is 0 Å². The van der Waals surface area contributed by atoms with Crippen LogP contribution in [0.25, 0.3) is 0 Å². The molecular weight excluding hydrogens is 176 g/mol. The predicted octanol–water partition coefficient (Wildman–Crippen LogP) is 3.05. The third-order valence-corrected chi connectivity index (χ3v) is 3.86. The SMILES string of the molecule is CC1(C)CCCC2(CCC(=O)O2)CC1. The van der Waals surface area contributed by atoms with E-state index in [1.54, 1.807) is 0 Å². The molecule has 2 rings (SSSR count). The first-order valence-electron chi connectivity index (χ1n) is 5.73. The summed E-state index contributed by atoms with van der Waals surface area (Å²) in [7, 11) is 0. The van der Waals surface area contributed by atoms with Gasteiger partial charge in [0.15, 0.2) is 0 Å². The second-order valence-electron chi connectivity index (χ2n) is 5.67. The summed E-state index contributed by atoms with van der Waals surface area (Å²) >= 11 is 0. The van der Waals surface area contributed by atoms with E-state index in [-0.39, 0.29) is 11.6 Å². The molecule has 0 bridgehead atoms. The third kappa shape index (κ3) is 1.94. The number of ether oxygens (including phenoxy) is 1. The molecule has 14 heavy (non-hydrogen) atoms. The van der Waals surface area contributed by atoms with Gasteiger partial charge in [-0.3, -0.25) is 4.79 Å². The van der Waals surface area contributed by atoms with Crippen LogP contribution in [0.1, 0.15) is 58.8 Å². The summed E-state index contributed by atoms with van der Waals surface area (Å²) in [5.41, 5.74) is 0.378. The Morgan fingerprint density at radius 2 is 1.86 bits per heavy atom. The molecule has 0 amide bonds. The molecule has 2 fully saturated rings. The summed E-state index contributed by atoms with van der Waals surface area (Å²) in [4.78, 5) is 11.2. The van der Waals surface area contributed by atoms with Crippen molar-refractivity contribution in [2.45, 2.75) is 64.4 Å². The number of esters is 1. The Kier molecular flexibility index (Phi) is 2.32. The van der Waals surface area contributed by atoms with Gasteiger partial charge in [0.25, 0.3) is 0 Å². The first-order chi connectivity index (χ1) is 6.52. The lowest BCUT2D eigenvalue weighted by Crippen LogP contribution is -2.27. The van der Waals surface area contributed by atoms with Gasteiger partial charge in [-0.05, 0) is 43.9 Å². The minimum absolute atomic E-state index is 0.0182. The van der Waals surface area contributed by atoms with Gasteiger partial charge in [-0.1, -0.05) is 13.8 Å². The molecule has 0 N–H and O–H groups in total. The van der Waals surface area contributed by atoms with Crippen molar-refractivity contribution in [2.24, 2.45) is 5.41 Å². The molecule has 2 nitrogen and oxygen atoms in total. The summed E-state index contributed by atoms with van der Waals surface area (Å²) in [6.45, 7) is 4.64. The normalized spacial score (nSPS) is 36.9. The molecule has 1 saturated carbocycles.